The SMILES string of the molecule is COc1ccc(Nc2cc(C)nc(N3CCN(S(=O)(=O)c4ccc(C)c([N+](=O)[O-])c4)CC3)n2)cc1. The van der Waals surface area contributed by atoms with Gasteiger partial charge in [-0.1, -0.05) is 6.07 Å². The Morgan fingerprint density at radius 2 is 1.69 bits per heavy atom. The number of anilines is 3. The van der Waals surface area contributed by atoms with Crippen LogP contribution in [0.3, 0.4) is 0 Å². The summed E-state index contributed by atoms with van der Waals surface area (Å²) < 4.78 is 32.7. The minimum atomic E-state index is -3.86. The van der Waals surface area contributed by atoms with Crippen molar-refractivity contribution in [3.8, 4) is 5.75 Å². The molecule has 0 atom stereocenters. The molecule has 1 aliphatic heterocycles. The van der Waals surface area contributed by atoms with E-state index in [0.29, 0.717) is 30.4 Å². The van der Waals surface area contributed by atoms with Gasteiger partial charge in [-0.2, -0.15) is 9.29 Å². The first-order valence-corrected chi connectivity index (χ1v) is 12.4. The maximum Gasteiger partial charge on any atom is 0.273 e. The van der Waals surface area contributed by atoms with E-state index >= 15 is 0 Å². The highest BCUT2D eigenvalue weighted by Crippen LogP contribution is 2.26. The average molecular weight is 499 g/mol. The van der Waals surface area contributed by atoms with Crippen molar-refractivity contribution in [2.24, 2.45) is 0 Å². The van der Waals surface area contributed by atoms with Gasteiger partial charge in [0, 0.05) is 55.3 Å². The molecule has 12 heteroatoms. The molecular formula is C23H26N6O5S. The molecule has 0 aliphatic carbocycles. The Hall–Kier alpha value is -3.77. The smallest absolute Gasteiger partial charge is 0.273 e. The number of methoxy groups -OCH3 is 1. The molecule has 0 spiro atoms. The second-order valence-corrected chi connectivity index (χ2v) is 10.1. The summed E-state index contributed by atoms with van der Waals surface area (Å²) in [4.78, 5) is 21.7. The van der Waals surface area contributed by atoms with Crippen molar-refractivity contribution >= 4 is 33.2 Å². The van der Waals surface area contributed by atoms with Gasteiger partial charge in [0.2, 0.25) is 16.0 Å². The van der Waals surface area contributed by atoms with Crippen LogP contribution in [-0.4, -0.2) is 60.9 Å². The Labute approximate surface area is 203 Å². The summed E-state index contributed by atoms with van der Waals surface area (Å²) in [5, 5.41) is 14.5. The number of nitrogens with zero attached hydrogens (tertiary/aromatic N) is 5. The fourth-order valence-corrected chi connectivity index (χ4v) is 5.25. The highest BCUT2D eigenvalue weighted by Gasteiger charge is 2.31. The van der Waals surface area contributed by atoms with E-state index in [1.54, 1.807) is 14.0 Å². The quantitative estimate of drug-likeness (QED) is 0.385. The van der Waals surface area contributed by atoms with Crippen molar-refractivity contribution in [1.29, 1.82) is 0 Å². The van der Waals surface area contributed by atoms with Gasteiger partial charge in [-0.15, -0.1) is 0 Å². The number of nitro benzene ring substituents is 1. The molecule has 184 valence electrons. The second kappa shape index (κ2) is 9.84. The first-order chi connectivity index (χ1) is 16.7. The van der Waals surface area contributed by atoms with Crippen LogP contribution in [0, 0.1) is 24.0 Å². The molecule has 1 saturated heterocycles. The van der Waals surface area contributed by atoms with Crippen LogP contribution in [0.25, 0.3) is 0 Å². The molecule has 35 heavy (non-hydrogen) atoms. The molecule has 2 aromatic carbocycles. The summed E-state index contributed by atoms with van der Waals surface area (Å²) in [6.45, 7) is 4.64. The van der Waals surface area contributed by atoms with Crippen LogP contribution in [-0.2, 0) is 10.0 Å². The fourth-order valence-electron chi connectivity index (χ4n) is 3.80. The van der Waals surface area contributed by atoms with E-state index in [1.807, 2.05) is 42.2 Å². The molecule has 4 rings (SSSR count). The van der Waals surface area contributed by atoms with Crippen LogP contribution in [0.4, 0.5) is 23.1 Å². The van der Waals surface area contributed by atoms with E-state index in [0.717, 1.165) is 23.2 Å². The normalized spacial score (nSPS) is 14.5. The number of aryl methyl sites for hydroxylation is 2. The zero-order chi connectivity index (χ0) is 25.2. The van der Waals surface area contributed by atoms with Crippen molar-refractivity contribution in [3.63, 3.8) is 0 Å². The molecule has 1 fully saturated rings. The summed E-state index contributed by atoms with van der Waals surface area (Å²) >= 11 is 0. The van der Waals surface area contributed by atoms with Crippen molar-refractivity contribution in [1.82, 2.24) is 14.3 Å². The van der Waals surface area contributed by atoms with Gasteiger partial charge in [0.25, 0.3) is 5.69 Å². The van der Waals surface area contributed by atoms with Gasteiger partial charge in [-0.25, -0.2) is 13.4 Å². The third kappa shape index (κ3) is 5.33. The molecule has 0 unspecified atom stereocenters. The number of benzene rings is 2. The number of nitrogens with one attached hydrogen (secondary N) is 1. The van der Waals surface area contributed by atoms with Gasteiger partial charge in [0.15, 0.2) is 0 Å². The lowest BCUT2D eigenvalue weighted by molar-refractivity contribution is -0.385. The Kier molecular flexibility index (Phi) is 6.85. The predicted octanol–water partition coefficient (Wildman–Crippen LogP) is 3.26. The summed E-state index contributed by atoms with van der Waals surface area (Å²) in [5.41, 5.74) is 1.81. The molecule has 2 heterocycles. The molecule has 11 nitrogen and oxygen atoms in total. The molecule has 3 aromatic rings. The average Bonchev–Trinajstić information content (AvgIpc) is 2.84. The monoisotopic (exact) mass is 498 g/mol. The number of hydrogen-bond donors (Lipinski definition) is 1. The van der Waals surface area contributed by atoms with E-state index in [9.17, 15) is 18.5 Å². The van der Waals surface area contributed by atoms with Crippen LogP contribution in [0.15, 0.2) is 53.4 Å². The Morgan fingerprint density at radius 1 is 1.00 bits per heavy atom. The van der Waals surface area contributed by atoms with Gasteiger partial charge in [-0.05, 0) is 44.2 Å². The van der Waals surface area contributed by atoms with E-state index in [-0.39, 0.29) is 23.7 Å². The van der Waals surface area contributed by atoms with Crippen molar-refractivity contribution in [3.05, 3.63) is 69.9 Å². The van der Waals surface area contributed by atoms with Crippen LogP contribution in [0.1, 0.15) is 11.3 Å². The lowest BCUT2D eigenvalue weighted by Crippen LogP contribution is -2.49. The number of piperazine rings is 1. The Bertz CT molecular complexity index is 1340. The van der Waals surface area contributed by atoms with E-state index in [1.165, 1.54) is 16.4 Å². The summed E-state index contributed by atoms with van der Waals surface area (Å²) in [6, 6.07) is 13.3. The number of rotatable bonds is 7. The molecule has 0 saturated carbocycles. The van der Waals surface area contributed by atoms with Crippen molar-refractivity contribution in [2.75, 3.05) is 43.5 Å². The molecule has 0 bridgehead atoms. The van der Waals surface area contributed by atoms with Crippen LogP contribution >= 0.6 is 0 Å². The van der Waals surface area contributed by atoms with Gasteiger partial charge in [-0.3, -0.25) is 10.1 Å². The maximum atomic E-state index is 13.1. The fraction of sp³-hybridized carbons (Fsp3) is 0.304. The minimum Gasteiger partial charge on any atom is -0.497 e. The molecular weight excluding hydrogens is 472 g/mol. The third-order valence-corrected chi connectivity index (χ3v) is 7.64. The number of aromatic nitrogens is 2. The van der Waals surface area contributed by atoms with Gasteiger partial charge in [0.05, 0.1) is 16.9 Å². The minimum absolute atomic E-state index is 0.0824. The Morgan fingerprint density at radius 3 is 2.31 bits per heavy atom. The summed E-state index contributed by atoms with van der Waals surface area (Å²) in [7, 11) is -2.26. The highest BCUT2D eigenvalue weighted by molar-refractivity contribution is 7.89. The van der Waals surface area contributed by atoms with E-state index in [4.69, 9.17) is 4.74 Å². The lowest BCUT2D eigenvalue weighted by atomic mass is 10.2. The third-order valence-electron chi connectivity index (χ3n) is 5.74. The molecule has 0 amide bonds. The van der Waals surface area contributed by atoms with Gasteiger partial charge < -0.3 is 15.0 Å². The molecule has 0 radical (unpaired) electrons. The van der Waals surface area contributed by atoms with Gasteiger partial charge >= 0.3 is 0 Å². The van der Waals surface area contributed by atoms with E-state index in [2.05, 4.69) is 15.3 Å². The maximum absolute atomic E-state index is 13.1. The molecule has 1 N–H and O–H groups in total. The summed E-state index contributed by atoms with van der Waals surface area (Å²) in [6.07, 6.45) is 0. The summed E-state index contributed by atoms with van der Waals surface area (Å²) in [5.74, 6) is 1.88. The Balaban J connectivity index is 1.47. The molecule has 1 aliphatic rings. The van der Waals surface area contributed by atoms with Gasteiger partial charge in [0.1, 0.15) is 11.6 Å². The zero-order valence-electron chi connectivity index (χ0n) is 19.6. The van der Waals surface area contributed by atoms with Crippen molar-refractivity contribution in [2.45, 2.75) is 18.7 Å². The topological polar surface area (TPSA) is 131 Å². The standard InChI is InChI=1S/C23H26N6O5S/c1-16-4-9-20(15-21(16)29(30)31)35(32,33)28-12-10-27(11-13-28)23-24-17(2)14-22(26-23)25-18-5-7-19(34-3)8-6-18/h4-9,14-15H,10-13H2,1-3H3,(H,24,25,26). The van der Waals surface area contributed by atoms with Crippen LogP contribution in [0.5, 0.6) is 5.75 Å². The second-order valence-electron chi connectivity index (χ2n) is 8.14. The van der Waals surface area contributed by atoms with Crippen molar-refractivity contribution < 1.29 is 18.1 Å². The lowest BCUT2D eigenvalue weighted by Gasteiger charge is -2.34. The molecule has 1 aromatic heterocycles. The number of hydrogen-bond acceptors (Lipinski definition) is 9. The zero-order valence-corrected chi connectivity index (χ0v) is 20.4. The first-order valence-electron chi connectivity index (χ1n) is 10.9. The number of nitro groups is 1. The number of sulfonamides is 1. The largest absolute Gasteiger partial charge is 0.497 e. The highest BCUT2D eigenvalue weighted by atomic mass is 32.2. The van der Waals surface area contributed by atoms with E-state index < -0.39 is 14.9 Å². The first kappa shape index (κ1) is 24.4. The van der Waals surface area contributed by atoms with Crippen LogP contribution in [0.2, 0.25) is 0 Å². The van der Waals surface area contributed by atoms with Crippen LogP contribution < -0.4 is 15.0 Å². The number of ether oxygens (including phenoxy) is 1. The predicted molar refractivity (Wildman–Crippen MR) is 132 cm³/mol.